The van der Waals surface area contributed by atoms with Crippen molar-refractivity contribution in [3.63, 3.8) is 0 Å². The molecule has 1 fully saturated rings. The zero-order valence-electron chi connectivity index (χ0n) is 18.6. The molecule has 0 radical (unpaired) electrons. The third kappa shape index (κ3) is 5.98. The third-order valence-electron chi connectivity index (χ3n) is 5.90. The van der Waals surface area contributed by atoms with Gasteiger partial charge in [0.2, 0.25) is 5.91 Å². The second-order valence-corrected chi connectivity index (χ2v) is 8.28. The van der Waals surface area contributed by atoms with Crippen LogP contribution < -0.4 is 10.1 Å². The minimum absolute atomic E-state index is 0.0129. The van der Waals surface area contributed by atoms with Crippen LogP contribution in [0, 0.1) is 11.6 Å². The zero-order valence-corrected chi connectivity index (χ0v) is 18.6. The molecule has 0 aliphatic carbocycles. The van der Waals surface area contributed by atoms with E-state index in [0.29, 0.717) is 31.5 Å². The summed E-state index contributed by atoms with van der Waals surface area (Å²) >= 11 is 0. The fraction of sp³-hybridized carbons (Fsp3) is 0.259. The first-order chi connectivity index (χ1) is 16.5. The number of likely N-dealkylation sites (tertiary alicyclic amines) is 1. The van der Waals surface area contributed by atoms with Crippen LogP contribution >= 0.6 is 0 Å². The molecule has 0 spiro atoms. The maximum atomic E-state index is 13.9. The van der Waals surface area contributed by atoms with Crippen LogP contribution in [0.1, 0.15) is 41.2 Å². The van der Waals surface area contributed by atoms with Crippen LogP contribution in [0.5, 0.6) is 5.75 Å². The smallest absolute Gasteiger partial charge is 0.251 e. The topological polar surface area (TPSA) is 58.6 Å². The quantitative estimate of drug-likeness (QED) is 0.541. The van der Waals surface area contributed by atoms with Crippen molar-refractivity contribution in [2.45, 2.75) is 31.4 Å². The molecule has 4 rings (SSSR count). The molecule has 1 unspecified atom stereocenters. The molecule has 34 heavy (non-hydrogen) atoms. The lowest BCUT2D eigenvalue weighted by molar-refractivity contribution is -0.133. The van der Waals surface area contributed by atoms with Crippen molar-refractivity contribution < 1.29 is 23.1 Å². The van der Waals surface area contributed by atoms with Gasteiger partial charge in [0.25, 0.3) is 5.91 Å². The van der Waals surface area contributed by atoms with Gasteiger partial charge in [-0.2, -0.15) is 0 Å². The molecular formula is C27H26F2N2O3. The number of ether oxygens (including phenoxy) is 1. The Morgan fingerprint density at radius 2 is 1.59 bits per heavy atom. The van der Waals surface area contributed by atoms with Crippen molar-refractivity contribution in [1.29, 1.82) is 0 Å². The number of carbonyl (C=O) groups is 2. The van der Waals surface area contributed by atoms with Gasteiger partial charge in [-0.3, -0.25) is 9.59 Å². The van der Waals surface area contributed by atoms with E-state index in [1.165, 1.54) is 6.07 Å². The second-order valence-electron chi connectivity index (χ2n) is 8.28. The first-order valence-electron chi connectivity index (χ1n) is 11.3. The van der Waals surface area contributed by atoms with Gasteiger partial charge in [0.1, 0.15) is 11.9 Å². The number of amides is 2. The third-order valence-corrected chi connectivity index (χ3v) is 5.90. The van der Waals surface area contributed by atoms with Crippen LogP contribution in [0.25, 0.3) is 0 Å². The Morgan fingerprint density at radius 1 is 0.941 bits per heavy atom. The molecule has 1 saturated heterocycles. The van der Waals surface area contributed by atoms with Gasteiger partial charge in [0.05, 0.1) is 12.5 Å². The fourth-order valence-electron chi connectivity index (χ4n) is 4.05. The SMILES string of the molecule is O=C(NC(CC(=O)N1CCC(Oc2ccc(F)cc2F)CC1)c1ccccc1)c1ccccc1. The monoisotopic (exact) mass is 464 g/mol. The van der Waals surface area contributed by atoms with Crippen molar-refractivity contribution in [1.82, 2.24) is 10.2 Å². The van der Waals surface area contributed by atoms with Gasteiger partial charge in [-0.1, -0.05) is 48.5 Å². The molecule has 0 saturated carbocycles. The highest BCUT2D eigenvalue weighted by Gasteiger charge is 2.27. The summed E-state index contributed by atoms with van der Waals surface area (Å²) in [5.41, 5.74) is 1.38. The first kappa shape index (κ1) is 23.4. The second kappa shape index (κ2) is 10.9. The lowest BCUT2D eigenvalue weighted by atomic mass is 10.0. The molecule has 1 atom stereocenters. The highest BCUT2D eigenvalue weighted by Crippen LogP contribution is 2.24. The highest BCUT2D eigenvalue weighted by atomic mass is 19.1. The number of piperidine rings is 1. The minimum atomic E-state index is -0.738. The molecule has 7 heteroatoms. The molecule has 3 aromatic carbocycles. The minimum Gasteiger partial charge on any atom is -0.487 e. The molecule has 2 amide bonds. The van der Waals surface area contributed by atoms with Crippen LogP contribution in [0.15, 0.2) is 78.9 Å². The van der Waals surface area contributed by atoms with Gasteiger partial charge in [-0.05, 0) is 29.8 Å². The standard InChI is InChI=1S/C27H26F2N2O3/c28-21-11-12-25(23(29)17-21)34-22-13-15-31(16-14-22)26(32)18-24(19-7-3-1-4-8-19)30-27(33)20-9-5-2-6-10-20/h1-12,17,22,24H,13-16,18H2,(H,30,33). The van der Waals surface area contributed by atoms with Gasteiger partial charge in [-0.15, -0.1) is 0 Å². The van der Waals surface area contributed by atoms with Crippen LogP contribution in [0.3, 0.4) is 0 Å². The molecule has 1 N–H and O–H groups in total. The van der Waals surface area contributed by atoms with Gasteiger partial charge in [-0.25, -0.2) is 8.78 Å². The molecule has 1 heterocycles. The van der Waals surface area contributed by atoms with Gasteiger partial charge in [0, 0.05) is 37.6 Å². The average molecular weight is 465 g/mol. The van der Waals surface area contributed by atoms with Gasteiger partial charge < -0.3 is 15.0 Å². The average Bonchev–Trinajstić information content (AvgIpc) is 2.86. The van der Waals surface area contributed by atoms with E-state index in [-0.39, 0.29) is 30.1 Å². The summed E-state index contributed by atoms with van der Waals surface area (Å²) in [6.45, 7) is 0.918. The number of nitrogens with zero attached hydrogens (tertiary/aromatic N) is 1. The van der Waals surface area contributed by atoms with Crippen molar-refractivity contribution >= 4 is 11.8 Å². The van der Waals surface area contributed by atoms with Crippen LogP contribution in [0.4, 0.5) is 8.78 Å². The number of hydrogen-bond acceptors (Lipinski definition) is 3. The molecule has 1 aliphatic rings. The van der Waals surface area contributed by atoms with Crippen LogP contribution in [-0.2, 0) is 4.79 Å². The molecule has 1 aliphatic heterocycles. The molecular weight excluding hydrogens is 438 g/mol. The lowest BCUT2D eigenvalue weighted by Crippen LogP contribution is -2.43. The van der Waals surface area contributed by atoms with Crippen molar-refractivity contribution in [2.24, 2.45) is 0 Å². The Labute approximate surface area is 197 Å². The molecule has 5 nitrogen and oxygen atoms in total. The van der Waals surface area contributed by atoms with E-state index >= 15 is 0 Å². The van der Waals surface area contributed by atoms with Crippen LogP contribution in [-0.4, -0.2) is 35.9 Å². The Kier molecular flexibility index (Phi) is 7.52. The Bertz CT molecular complexity index is 1120. The summed E-state index contributed by atoms with van der Waals surface area (Å²) in [6.07, 6.45) is 0.941. The molecule has 176 valence electrons. The fourth-order valence-corrected chi connectivity index (χ4v) is 4.05. The summed E-state index contributed by atoms with van der Waals surface area (Å²) in [5, 5.41) is 2.99. The van der Waals surface area contributed by atoms with Crippen molar-refractivity contribution in [3.8, 4) is 5.75 Å². The Morgan fingerprint density at radius 3 is 2.24 bits per heavy atom. The Hall–Kier alpha value is -3.74. The normalized spacial score (nSPS) is 14.9. The van der Waals surface area contributed by atoms with Gasteiger partial charge in [0.15, 0.2) is 11.6 Å². The van der Waals surface area contributed by atoms with E-state index in [0.717, 1.165) is 17.7 Å². The van der Waals surface area contributed by atoms with E-state index in [9.17, 15) is 18.4 Å². The molecule has 0 bridgehead atoms. The largest absolute Gasteiger partial charge is 0.487 e. The van der Waals surface area contributed by atoms with E-state index in [2.05, 4.69) is 5.32 Å². The predicted molar refractivity (Wildman–Crippen MR) is 124 cm³/mol. The van der Waals surface area contributed by atoms with E-state index in [1.54, 1.807) is 29.2 Å². The number of benzene rings is 3. The number of nitrogens with one attached hydrogen (secondary N) is 1. The predicted octanol–water partition coefficient (Wildman–Crippen LogP) is 4.90. The van der Waals surface area contributed by atoms with Crippen molar-refractivity contribution in [3.05, 3.63) is 102 Å². The van der Waals surface area contributed by atoms with E-state index in [4.69, 9.17) is 4.74 Å². The Balaban J connectivity index is 1.36. The highest BCUT2D eigenvalue weighted by molar-refractivity contribution is 5.94. The summed E-state index contributed by atoms with van der Waals surface area (Å²) in [4.78, 5) is 27.6. The number of carbonyl (C=O) groups excluding carboxylic acids is 2. The van der Waals surface area contributed by atoms with E-state index in [1.807, 2.05) is 36.4 Å². The van der Waals surface area contributed by atoms with Crippen molar-refractivity contribution in [2.75, 3.05) is 13.1 Å². The lowest BCUT2D eigenvalue weighted by Gasteiger charge is -2.33. The first-order valence-corrected chi connectivity index (χ1v) is 11.3. The molecule has 0 aromatic heterocycles. The zero-order chi connectivity index (χ0) is 23.9. The summed E-state index contributed by atoms with van der Waals surface area (Å²) in [6, 6.07) is 21.1. The summed E-state index contributed by atoms with van der Waals surface area (Å²) < 4.78 is 32.7. The number of halogens is 2. The molecule has 3 aromatic rings. The van der Waals surface area contributed by atoms with Crippen LogP contribution in [0.2, 0.25) is 0 Å². The maximum Gasteiger partial charge on any atom is 0.251 e. The number of rotatable bonds is 7. The number of hydrogen-bond donors (Lipinski definition) is 1. The summed E-state index contributed by atoms with van der Waals surface area (Å²) in [5.74, 6) is -1.70. The van der Waals surface area contributed by atoms with Gasteiger partial charge >= 0.3 is 0 Å². The summed E-state index contributed by atoms with van der Waals surface area (Å²) in [7, 11) is 0. The van der Waals surface area contributed by atoms with E-state index < -0.39 is 17.7 Å². The maximum absolute atomic E-state index is 13.9.